The van der Waals surface area contributed by atoms with Gasteiger partial charge in [0.2, 0.25) is 0 Å². The zero-order chi connectivity index (χ0) is 22.1. The van der Waals surface area contributed by atoms with Gasteiger partial charge < -0.3 is 29.5 Å². The van der Waals surface area contributed by atoms with Gasteiger partial charge in [0.15, 0.2) is 6.61 Å². The maximum absolute atomic E-state index is 15.2. The van der Waals surface area contributed by atoms with E-state index in [9.17, 15) is 15.0 Å². The molecule has 0 saturated carbocycles. The van der Waals surface area contributed by atoms with Crippen molar-refractivity contribution in [3.05, 3.63) is 23.5 Å². The number of piperidine rings is 1. The van der Waals surface area contributed by atoms with Crippen LogP contribution in [0.1, 0.15) is 39.2 Å². The highest BCUT2D eigenvalue weighted by Crippen LogP contribution is 2.52. The van der Waals surface area contributed by atoms with E-state index in [0.717, 1.165) is 0 Å². The first-order valence-corrected chi connectivity index (χ1v) is 10.0. The van der Waals surface area contributed by atoms with E-state index < -0.39 is 29.2 Å². The summed E-state index contributed by atoms with van der Waals surface area (Å²) in [6.07, 6.45) is -0.797. The molecule has 9 heteroatoms. The SMILES string of the molecule is CC(C)(C)OC(=O)N1CCC2(CC1)c1c(F)cc(OCC#N)cc1N(CCO)C2O. The molecule has 1 aromatic carbocycles. The van der Waals surface area contributed by atoms with Crippen molar-refractivity contribution in [2.45, 2.75) is 50.9 Å². The monoisotopic (exact) mass is 421 g/mol. The van der Waals surface area contributed by atoms with Crippen LogP contribution in [0.2, 0.25) is 0 Å². The van der Waals surface area contributed by atoms with Gasteiger partial charge in [-0.1, -0.05) is 0 Å². The normalized spacial score (nSPS) is 20.1. The molecule has 30 heavy (non-hydrogen) atoms. The molecular formula is C21H28FN3O5. The van der Waals surface area contributed by atoms with E-state index in [1.54, 1.807) is 36.6 Å². The van der Waals surface area contributed by atoms with E-state index in [2.05, 4.69) is 0 Å². The summed E-state index contributed by atoms with van der Waals surface area (Å²) in [5.41, 5.74) is -0.733. The molecule has 2 aliphatic heterocycles. The number of hydrogen-bond acceptors (Lipinski definition) is 7. The molecule has 1 spiro atoms. The first-order chi connectivity index (χ1) is 14.1. The summed E-state index contributed by atoms with van der Waals surface area (Å²) in [7, 11) is 0. The number of nitrogens with zero attached hydrogens (tertiary/aromatic N) is 3. The highest BCUT2D eigenvalue weighted by molar-refractivity contribution is 5.70. The molecule has 1 aromatic rings. The number of benzene rings is 1. The molecule has 2 N–H and O–H groups in total. The largest absolute Gasteiger partial charge is 0.479 e. The molecular weight excluding hydrogens is 393 g/mol. The second kappa shape index (κ2) is 8.28. The topological polar surface area (TPSA) is 106 Å². The third-order valence-corrected chi connectivity index (χ3v) is 5.59. The van der Waals surface area contributed by atoms with Crippen molar-refractivity contribution < 1.29 is 28.9 Å². The number of aliphatic hydroxyl groups excluding tert-OH is 2. The Labute approximate surface area is 175 Å². The summed E-state index contributed by atoms with van der Waals surface area (Å²) in [5, 5.41) is 29.3. The van der Waals surface area contributed by atoms with Crippen LogP contribution in [0.5, 0.6) is 5.75 Å². The second-order valence-electron chi connectivity index (χ2n) is 8.66. The van der Waals surface area contributed by atoms with Crippen LogP contribution in [0.4, 0.5) is 14.9 Å². The lowest BCUT2D eigenvalue weighted by molar-refractivity contribution is 0.00104. The molecule has 0 radical (unpaired) electrons. The Balaban J connectivity index is 1.90. The molecule has 8 nitrogen and oxygen atoms in total. The lowest BCUT2D eigenvalue weighted by atomic mass is 9.72. The predicted molar refractivity (Wildman–Crippen MR) is 107 cm³/mol. The summed E-state index contributed by atoms with van der Waals surface area (Å²) in [6.45, 7) is 5.67. The Kier molecular flexibility index (Phi) is 6.11. The van der Waals surface area contributed by atoms with E-state index >= 15 is 4.39 Å². The highest BCUT2D eigenvalue weighted by Gasteiger charge is 2.54. The molecule has 2 aliphatic rings. The zero-order valence-corrected chi connectivity index (χ0v) is 17.5. The van der Waals surface area contributed by atoms with Gasteiger partial charge in [0.05, 0.1) is 6.61 Å². The van der Waals surface area contributed by atoms with Gasteiger partial charge in [-0.15, -0.1) is 0 Å². The summed E-state index contributed by atoms with van der Waals surface area (Å²) in [5.74, 6) is -0.350. The van der Waals surface area contributed by atoms with Crippen molar-refractivity contribution in [3.63, 3.8) is 0 Å². The van der Waals surface area contributed by atoms with Crippen molar-refractivity contribution in [3.8, 4) is 11.8 Å². The van der Waals surface area contributed by atoms with Crippen LogP contribution in [0.3, 0.4) is 0 Å². The van der Waals surface area contributed by atoms with Crippen LogP contribution < -0.4 is 9.64 Å². The van der Waals surface area contributed by atoms with Crippen molar-refractivity contribution in [2.75, 3.05) is 37.7 Å². The molecule has 0 aromatic heterocycles. The summed E-state index contributed by atoms with van der Waals surface area (Å²) in [6, 6.07) is 4.64. The van der Waals surface area contributed by atoms with Crippen LogP contribution in [0, 0.1) is 17.1 Å². The van der Waals surface area contributed by atoms with E-state index in [1.807, 2.05) is 6.07 Å². The Morgan fingerprint density at radius 2 is 2.03 bits per heavy atom. The number of halogens is 1. The van der Waals surface area contributed by atoms with Crippen LogP contribution in [0.15, 0.2) is 12.1 Å². The number of carbonyl (C=O) groups excluding carboxylic acids is 1. The number of aliphatic hydroxyl groups is 2. The van der Waals surface area contributed by atoms with E-state index in [4.69, 9.17) is 14.7 Å². The Morgan fingerprint density at radius 3 is 2.60 bits per heavy atom. The van der Waals surface area contributed by atoms with Crippen LogP contribution in [-0.2, 0) is 10.2 Å². The lowest BCUT2D eigenvalue weighted by Gasteiger charge is -2.42. The van der Waals surface area contributed by atoms with Crippen LogP contribution in [-0.4, -0.2) is 65.9 Å². The van der Waals surface area contributed by atoms with E-state index in [0.29, 0.717) is 37.2 Å². The number of likely N-dealkylation sites (tertiary alicyclic amines) is 1. The molecule has 2 heterocycles. The third-order valence-electron chi connectivity index (χ3n) is 5.59. The third kappa shape index (κ3) is 4.02. The van der Waals surface area contributed by atoms with Crippen molar-refractivity contribution in [1.82, 2.24) is 4.90 Å². The highest BCUT2D eigenvalue weighted by atomic mass is 19.1. The quantitative estimate of drug-likeness (QED) is 0.767. The standard InChI is InChI=1S/C21H28FN3O5/c1-20(2,3)30-19(28)24-7-4-21(5-8-24)17-15(22)12-14(29-11-6-23)13-16(17)25(9-10-26)18(21)27/h12-13,18,26-27H,4-5,7-11H2,1-3H3. The number of amides is 1. The number of anilines is 1. The molecule has 1 unspecified atom stereocenters. The molecule has 0 bridgehead atoms. The van der Waals surface area contributed by atoms with Gasteiger partial charge in [-0.3, -0.25) is 0 Å². The minimum atomic E-state index is -1.05. The zero-order valence-electron chi connectivity index (χ0n) is 17.5. The summed E-state index contributed by atoms with van der Waals surface area (Å²) >= 11 is 0. The molecule has 1 amide bonds. The van der Waals surface area contributed by atoms with Crippen molar-refractivity contribution in [2.24, 2.45) is 0 Å². The average Bonchev–Trinajstić information content (AvgIpc) is 2.89. The molecule has 1 atom stereocenters. The maximum Gasteiger partial charge on any atom is 0.410 e. The van der Waals surface area contributed by atoms with E-state index in [1.165, 1.54) is 6.07 Å². The minimum Gasteiger partial charge on any atom is -0.479 e. The van der Waals surface area contributed by atoms with Gasteiger partial charge in [0.25, 0.3) is 0 Å². The smallest absolute Gasteiger partial charge is 0.410 e. The van der Waals surface area contributed by atoms with Crippen LogP contribution >= 0.6 is 0 Å². The van der Waals surface area contributed by atoms with Gasteiger partial charge in [-0.05, 0) is 33.6 Å². The first kappa shape index (κ1) is 22.1. The van der Waals surface area contributed by atoms with Gasteiger partial charge in [-0.2, -0.15) is 5.26 Å². The first-order valence-electron chi connectivity index (χ1n) is 10.0. The predicted octanol–water partition coefficient (Wildman–Crippen LogP) is 2.13. The molecule has 3 rings (SSSR count). The van der Waals surface area contributed by atoms with Gasteiger partial charge in [0.1, 0.15) is 29.5 Å². The fraction of sp³-hybridized carbons (Fsp3) is 0.619. The molecule has 1 fully saturated rings. The summed E-state index contributed by atoms with van der Waals surface area (Å²) < 4.78 is 25.9. The maximum atomic E-state index is 15.2. The number of ether oxygens (including phenoxy) is 2. The number of hydrogen-bond donors (Lipinski definition) is 2. The van der Waals surface area contributed by atoms with Gasteiger partial charge in [-0.25, -0.2) is 9.18 Å². The van der Waals surface area contributed by atoms with Crippen molar-refractivity contribution in [1.29, 1.82) is 5.26 Å². The number of rotatable bonds is 4. The van der Waals surface area contributed by atoms with Crippen LogP contribution in [0.25, 0.3) is 0 Å². The van der Waals surface area contributed by atoms with Gasteiger partial charge >= 0.3 is 6.09 Å². The fourth-order valence-electron chi connectivity index (χ4n) is 4.32. The van der Waals surface area contributed by atoms with Crippen molar-refractivity contribution >= 4 is 11.8 Å². The molecule has 164 valence electrons. The molecule has 1 saturated heterocycles. The fourth-order valence-corrected chi connectivity index (χ4v) is 4.32. The minimum absolute atomic E-state index is 0.118. The number of fused-ring (bicyclic) bond motifs is 2. The Bertz CT molecular complexity index is 840. The number of β-amino-alcohol motifs (C(OH)–C–C–N with tert-alkyl or cyclic N) is 1. The average molecular weight is 421 g/mol. The van der Waals surface area contributed by atoms with Gasteiger partial charge in [0, 0.05) is 48.4 Å². The number of carbonyl (C=O) groups is 1. The van der Waals surface area contributed by atoms with E-state index in [-0.39, 0.29) is 25.5 Å². The molecule has 0 aliphatic carbocycles. The summed E-state index contributed by atoms with van der Waals surface area (Å²) in [4.78, 5) is 15.5. The lowest BCUT2D eigenvalue weighted by Crippen LogP contribution is -2.53. The second-order valence-corrected chi connectivity index (χ2v) is 8.66. The Hall–Kier alpha value is -2.57. The Morgan fingerprint density at radius 1 is 1.37 bits per heavy atom. The number of nitriles is 1.